The third-order valence-electron chi connectivity index (χ3n) is 2.97. The molecule has 90 valence electrons. The summed E-state index contributed by atoms with van der Waals surface area (Å²) < 4.78 is 10.6. The number of benzene rings is 1. The summed E-state index contributed by atoms with van der Waals surface area (Å²) >= 11 is 0. The van der Waals surface area contributed by atoms with Gasteiger partial charge in [0.25, 0.3) is 0 Å². The number of nitrogens with zero attached hydrogens (tertiary/aromatic N) is 2. The van der Waals surface area contributed by atoms with Crippen molar-refractivity contribution in [3.8, 4) is 11.8 Å². The predicted molar refractivity (Wildman–Crippen MR) is 63.7 cm³/mol. The Bertz CT molecular complexity index is 408. The molecule has 17 heavy (non-hydrogen) atoms. The molecule has 0 aromatic heterocycles. The number of methoxy groups -OCH3 is 1. The van der Waals surface area contributed by atoms with Gasteiger partial charge in [-0.15, -0.1) is 0 Å². The maximum atomic E-state index is 9.36. The Morgan fingerprint density at radius 1 is 1.35 bits per heavy atom. The van der Waals surface area contributed by atoms with E-state index in [0.717, 1.165) is 24.4 Å². The SMILES string of the molecule is COc1ccccc1[C@@H](C#N)N1CCOCC1. The molecule has 0 radical (unpaired) electrons. The van der Waals surface area contributed by atoms with Crippen LogP contribution in [-0.4, -0.2) is 38.3 Å². The van der Waals surface area contributed by atoms with Gasteiger partial charge in [-0.1, -0.05) is 18.2 Å². The van der Waals surface area contributed by atoms with E-state index in [-0.39, 0.29) is 6.04 Å². The van der Waals surface area contributed by atoms with Crippen molar-refractivity contribution in [3.05, 3.63) is 29.8 Å². The Morgan fingerprint density at radius 2 is 2.06 bits per heavy atom. The monoisotopic (exact) mass is 232 g/mol. The van der Waals surface area contributed by atoms with Gasteiger partial charge in [0.05, 0.1) is 26.4 Å². The van der Waals surface area contributed by atoms with Gasteiger partial charge in [0, 0.05) is 18.7 Å². The van der Waals surface area contributed by atoms with Crippen molar-refractivity contribution in [3.63, 3.8) is 0 Å². The maximum absolute atomic E-state index is 9.36. The molecule has 1 aliphatic rings. The van der Waals surface area contributed by atoms with Crippen LogP contribution >= 0.6 is 0 Å². The Morgan fingerprint density at radius 3 is 2.71 bits per heavy atom. The summed E-state index contributed by atoms with van der Waals surface area (Å²) in [7, 11) is 1.63. The highest BCUT2D eigenvalue weighted by molar-refractivity contribution is 5.38. The standard InChI is InChI=1S/C13H16N2O2/c1-16-13-5-3-2-4-11(13)12(10-14)15-6-8-17-9-7-15/h2-5,12H,6-9H2,1H3/t12-/m1/s1. The van der Waals surface area contributed by atoms with Gasteiger partial charge in [-0.25, -0.2) is 0 Å². The Labute approximate surface area is 101 Å². The highest BCUT2D eigenvalue weighted by Gasteiger charge is 2.24. The largest absolute Gasteiger partial charge is 0.496 e. The molecule has 1 fully saturated rings. The van der Waals surface area contributed by atoms with Gasteiger partial charge in [-0.2, -0.15) is 5.26 Å². The van der Waals surface area contributed by atoms with E-state index in [2.05, 4.69) is 11.0 Å². The number of rotatable bonds is 3. The van der Waals surface area contributed by atoms with E-state index in [1.165, 1.54) is 0 Å². The first kappa shape index (κ1) is 11.9. The van der Waals surface area contributed by atoms with Crippen molar-refractivity contribution < 1.29 is 9.47 Å². The predicted octanol–water partition coefficient (Wildman–Crippen LogP) is 1.59. The average molecular weight is 232 g/mol. The van der Waals surface area contributed by atoms with E-state index in [4.69, 9.17) is 9.47 Å². The summed E-state index contributed by atoms with van der Waals surface area (Å²) in [5.41, 5.74) is 0.930. The van der Waals surface area contributed by atoms with Crippen molar-refractivity contribution in [2.45, 2.75) is 6.04 Å². The molecule has 0 N–H and O–H groups in total. The summed E-state index contributed by atoms with van der Waals surface area (Å²) in [6.45, 7) is 2.95. The van der Waals surface area contributed by atoms with E-state index in [1.54, 1.807) is 7.11 Å². The molecule has 0 amide bonds. The number of morpholine rings is 1. The van der Waals surface area contributed by atoms with Gasteiger partial charge < -0.3 is 9.47 Å². The van der Waals surface area contributed by atoms with Gasteiger partial charge in [-0.05, 0) is 6.07 Å². The zero-order chi connectivity index (χ0) is 12.1. The van der Waals surface area contributed by atoms with Crippen molar-refractivity contribution >= 4 is 0 Å². The lowest BCUT2D eigenvalue weighted by molar-refractivity contribution is 0.0263. The molecule has 2 rings (SSSR count). The van der Waals surface area contributed by atoms with E-state index >= 15 is 0 Å². The maximum Gasteiger partial charge on any atom is 0.127 e. The summed E-state index contributed by atoms with van der Waals surface area (Å²) in [5.74, 6) is 0.769. The lowest BCUT2D eigenvalue weighted by atomic mass is 10.0. The van der Waals surface area contributed by atoms with Gasteiger partial charge >= 0.3 is 0 Å². The van der Waals surface area contributed by atoms with Crippen LogP contribution in [0.25, 0.3) is 0 Å². The minimum atomic E-state index is -0.255. The molecule has 1 aromatic rings. The number of ether oxygens (including phenoxy) is 2. The van der Waals surface area contributed by atoms with E-state index in [1.807, 2.05) is 24.3 Å². The van der Waals surface area contributed by atoms with Crippen LogP contribution in [0.1, 0.15) is 11.6 Å². The second kappa shape index (κ2) is 5.67. The molecule has 1 aromatic carbocycles. The number of nitriles is 1. The summed E-state index contributed by atoms with van der Waals surface area (Å²) in [6, 6.07) is 9.78. The zero-order valence-corrected chi connectivity index (χ0v) is 9.93. The second-order valence-electron chi connectivity index (χ2n) is 3.92. The molecule has 1 atom stereocenters. The molecule has 1 heterocycles. The minimum absolute atomic E-state index is 0.255. The molecule has 0 unspecified atom stereocenters. The first-order valence-electron chi connectivity index (χ1n) is 5.71. The van der Waals surface area contributed by atoms with Crippen molar-refractivity contribution in [2.75, 3.05) is 33.4 Å². The van der Waals surface area contributed by atoms with Gasteiger partial charge in [0.2, 0.25) is 0 Å². The molecule has 0 aliphatic carbocycles. The summed E-state index contributed by atoms with van der Waals surface area (Å²) in [6.07, 6.45) is 0. The molecule has 0 spiro atoms. The van der Waals surface area contributed by atoms with Crippen LogP contribution < -0.4 is 4.74 Å². The molecule has 0 saturated carbocycles. The van der Waals surface area contributed by atoms with Crippen molar-refractivity contribution in [1.29, 1.82) is 5.26 Å². The van der Waals surface area contributed by atoms with Gasteiger partial charge in [-0.3, -0.25) is 4.90 Å². The van der Waals surface area contributed by atoms with Gasteiger partial charge in [0.15, 0.2) is 0 Å². The third kappa shape index (κ3) is 2.57. The lowest BCUT2D eigenvalue weighted by Gasteiger charge is -2.31. The molecule has 4 nitrogen and oxygen atoms in total. The van der Waals surface area contributed by atoms with Crippen LogP contribution in [0.5, 0.6) is 5.75 Å². The molecule has 0 bridgehead atoms. The van der Waals surface area contributed by atoms with E-state index in [0.29, 0.717) is 13.2 Å². The fourth-order valence-corrected chi connectivity index (χ4v) is 2.08. The number of para-hydroxylation sites is 1. The van der Waals surface area contributed by atoms with Crippen LogP contribution in [-0.2, 0) is 4.74 Å². The van der Waals surface area contributed by atoms with Crippen LogP contribution in [0.15, 0.2) is 24.3 Å². The number of hydrogen-bond acceptors (Lipinski definition) is 4. The molecular weight excluding hydrogens is 216 g/mol. The number of hydrogen-bond donors (Lipinski definition) is 0. The van der Waals surface area contributed by atoms with Crippen molar-refractivity contribution in [1.82, 2.24) is 4.90 Å². The normalized spacial score (nSPS) is 18.4. The summed E-state index contributed by atoms with van der Waals surface area (Å²) in [4.78, 5) is 2.13. The smallest absolute Gasteiger partial charge is 0.127 e. The van der Waals surface area contributed by atoms with Crippen LogP contribution in [0, 0.1) is 11.3 Å². The Hall–Kier alpha value is -1.57. The summed E-state index contributed by atoms with van der Waals surface area (Å²) in [5, 5.41) is 9.36. The first-order valence-corrected chi connectivity index (χ1v) is 5.71. The second-order valence-corrected chi connectivity index (χ2v) is 3.92. The van der Waals surface area contributed by atoms with Crippen LogP contribution in [0.2, 0.25) is 0 Å². The third-order valence-corrected chi connectivity index (χ3v) is 2.97. The van der Waals surface area contributed by atoms with Crippen LogP contribution in [0.3, 0.4) is 0 Å². The van der Waals surface area contributed by atoms with Gasteiger partial charge in [0.1, 0.15) is 11.8 Å². The molecular formula is C13H16N2O2. The minimum Gasteiger partial charge on any atom is -0.496 e. The van der Waals surface area contributed by atoms with Crippen LogP contribution in [0.4, 0.5) is 0 Å². The first-order chi connectivity index (χ1) is 8.36. The van der Waals surface area contributed by atoms with E-state index < -0.39 is 0 Å². The Kier molecular flexibility index (Phi) is 3.97. The average Bonchev–Trinajstić information content (AvgIpc) is 2.41. The van der Waals surface area contributed by atoms with Crippen molar-refractivity contribution in [2.24, 2.45) is 0 Å². The fraction of sp³-hybridized carbons (Fsp3) is 0.462. The fourth-order valence-electron chi connectivity index (χ4n) is 2.08. The van der Waals surface area contributed by atoms with E-state index in [9.17, 15) is 5.26 Å². The lowest BCUT2D eigenvalue weighted by Crippen LogP contribution is -2.38. The topological polar surface area (TPSA) is 45.5 Å². The molecule has 4 heteroatoms. The highest BCUT2D eigenvalue weighted by atomic mass is 16.5. The quantitative estimate of drug-likeness (QED) is 0.794. The molecule has 1 aliphatic heterocycles. The molecule has 1 saturated heterocycles. The Balaban J connectivity index is 2.25. The highest BCUT2D eigenvalue weighted by Crippen LogP contribution is 2.29. The zero-order valence-electron chi connectivity index (χ0n) is 9.93.